The van der Waals surface area contributed by atoms with Crippen molar-refractivity contribution in [3.8, 4) is 0 Å². The molecule has 0 saturated carbocycles. The SMILES string of the molecule is CS(=O)(=O)C1CCN(S(=O)(=O)c2cc(F)ccc2F)CC1. The van der Waals surface area contributed by atoms with Crippen LogP contribution < -0.4 is 0 Å². The minimum absolute atomic E-state index is 0.0317. The Morgan fingerprint density at radius 3 is 2.19 bits per heavy atom. The Labute approximate surface area is 122 Å². The molecule has 1 saturated heterocycles. The summed E-state index contributed by atoms with van der Waals surface area (Å²) in [7, 11) is -7.39. The van der Waals surface area contributed by atoms with Crippen LogP contribution in [0.25, 0.3) is 0 Å². The molecule has 0 N–H and O–H groups in total. The van der Waals surface area contributed by atoms with E-state index in [1.54, 1.807) is 0 Å². The van der Waals surface area contributed by atoms with E-state index in [2.05, 4.69) is 0 Å². The Hall–Kier alpha value is -1.06. The summed E-state index contributed by atoms with van der Waals surface area (Å²) in [6, 6.07) is 2.23. The van der Waals surface area contributed by atoms with Gasteiger partial charge in [-0.3, -0.25) is 0 Å². The fraction of sp³-hybridized carbons (Fsp3) is 0.500. The fourth-order valence-electron chi connectivity index (χ4n) is 2.31. The van der Waals surface area contributed by atoms with Crippen molar-refractivity contribution in [2.24, 2.45) is 0 Å². The maximum absolute atomic E-state index is 13.6. The zero-order valence-corrected chi connectivity index (χ0v) is 12.9. The highest BCUT2D eigenvalue weighted by Crippen LogP contribution is 2.25. The zero-order valence-electron chi connectivity index (χ0n) is 11.3. The van der Waals surface area contributed by atoms with Gasteiger partial charge in [0, 0.05) is 19.3 Å². The van der Waals surface area contributed by atoms with Crippen LogP contribution in [-0.2, 0) is 19.9 Å². The first-order chi connectivity index (χ1) is 9.62. The number of hydrogen-bond acceptors (Lipinski definition) is 4. The predicted molar refractivity (Wildman–Crippen MR) is 73.0 cm³/mol. The Kier molecular flexibility index (Phi) is 4.36. The summed E-state index contributed by atoms with van der Waals surface area (Å²) in [6.45, 7) is -0.0634. The molecule has 0 aromatic heterocycles. The standard InChI is InChI=1S/C12H15F2NO4S2/c1-20(16,17)10-4-6-15(7-5-10)21(18,19)12-8-9(13)2-3-11(12)14/h2-3,8,10H,4-7H2,1H3. The molecule has 118 valence electrons. The van der Waals surface area contributed by atoms with E-state index in [1.807, 2.05) is 0 Å². The lowest BCUT2D eigenvalue weighted by atomic mass is 10.2. The van der Waals surface area contributed by atoms with Crippen LogP contribution >= 0.6 is 0 Å². The lowest BCUT2D eigenvalue weighted by Gasteiger charge is -2.30. The fourth-order valence-corrected chi connectivity index (χ4v) is 4.93. The molecule has 1 fully saturated rings. The van der Waals surface area contributed by atoms with E-state index in [4.69, 9.17) is 0 Å². The smallest absolute Gasteiger partial charge is 0.229 e. The third-order valence-electron chi connectivity index (χ3n) is 3.52. The molecule has 1 aromatic carbocycles. The van der Waals surface area contributed by atoms with E-state index in [-0.39, 0.29) is 25.9 Å². The highest BCUT2D eigenvalue weighted by molar-refractivity contribution is 7.91. The molecule has 5 nitrogen and oxygen atoms in total. The van der Waals surface area contributed by atoms with Gasteiger partial charge in [0.15, 0.2) is 0 Å². The monoisotopic (exact) mass is 339 g/mol. The summed E-state index contributed by atoms with van der Waals surface area (Å²) in [5.74, 6) is -1.87. The van der Waals surface area contributed by atoms with Gasteiger partial charge in [-0.15, -0.1) is 0 Å². The third-order valence-corrected chi connectivity index (χ3v) is 7.11. The van der Waals surface area contributed by atoms with E-state index in [0.717, 1.165) is 22.7 Å². The van der Waals surface area contributed by atoms with Crippen molar-refractivity contribution in [1.82, 2.24) is 4.31 Å². The Bertz CT molecular complexity index is 739. The van der Waals surface area contributed by atoms with Crippen molar-refractivity contribution in [2.75, 3.05) is 19.3 Å². The lowest BCUT2D eigenvalue weighted by Crippen LogP contribution is -2.42. The van der Waals surface area contributed by atoms with E-state index >= 15 is 0 Å². The van der Waals surface area contributed by atoms with Gasteiger partial charge in [-0.1, -0.05) is 0 Å². The molecule has 0 bridgehead atoms. The maximum Gasteiger partial charge on any atom is 0.246 e. The molecule has 0 atom stereocenters. The molecule has 0 unspecified atom stereocenters. The van der Waals surface area contributed by atoms with Crippen molar-refractivity contribution in [2.45, 2.75) is 23.0 Å². The Balaban J connectivity index is 2.25. The van der Waals surface area contributed by atoms with Crippen LogP contribution in [0.15, 0.2) is 23.1 Å². The number of piperidine rings is 1. The molecule has 2 rings (SSSR count). The van der Waals surface area contributed by atoms with Crippen LogP contribution in [-0.4, -0.2) is 45.7 Å². The highest BCUT2D eigenvalue weighted by atomic mass is 32.2. The second kappa shape index (κ2) is 5.62. The summed E-state index contributed by atoms with van der Waals surface area (Å²) in [5.41, 5.74) is 0. The zero-order chi connectivity index (χ0) is 15.8. The van der Waals surface area contributed by atoms with Crippen LogP contribution in [0.5, 0.6) is 0 Å². The first-order valence-electron chi connectivity index (χ1n) is 6.26. The van der Waals surface area contributed by atoms with Crippen molar-refractivity contribution in [3.05, 3.63) is 29.8 Å². The summed E-state index contributed by atoms with van der Waals surface area (Å²) in [4.78, 5) is -0.722. The molecule has 0 spiro atoms. The third kappa shape index (κ3) is 3.41. The van der Waals surface area contributed by atoms with E-state index in [9.17, 15) is 25.6 Å². The van der Waals surface area contributed by atoms with Crippen LogP contribution in [0.1, 0.15) is 12.8 Å². The summed E-state index contributed by atoms with van der Waals surface area (Å²) in [6.07, 6.45) is 1.40. The Morgan fingerprint density at radius 1 is 1.10 bits per heavy atom. The quantitative estimate of drug-likeness (QED) is 0.829. The van der Waals surface area contributed by atoms with Gasteiger partial charge in [-0.05, 0) is 31.0 Å². The molecule has 1 heterocycles. The molecule has 0 radical (unpaired) electrons. The largest absolute Gasteiger partial charge is 0.246 e. The molecule has 0 aliphatic carbocycles. The van der Waals surface area contributed by atoms with Crippen molar-refractivity contribution >= 4 is 19.9 Å². The van der Waals surface area contributed by atoms with Crippen LogP contribution in [0, 0.1) is 11.6 Å². The minimum Gasteiger partial charge on any atom is -0.229 e. The minimum atomic E-state index is -4.16. The second-order valence-corrected chi connectivity index (χ2v) is 9.24. The maximum atomic E-state index is 13.6. The number of sulfonamides is 1. The van der Waals surface area contributed by atoms with Gasteiger partial charge in [-0.2, -0.15) is 4.31 Å². The van der Waals surface area contributed by atoms with E-state index in [0.29, 0.717) is 6.07 Å². The van der Waals surface area contributed by atoms with Crippen LogP contribution in [0.4, 0.5) is 8.78 Å². The number of halogens is 2. The number of hydrogen-bond donors (Lipinski definition) is 0. The average Bonchev–Trinajstić information content (AvgIpc) is 2.40. The second-order valence-electron chi connectivity index (χ2n) is 5.01. The van der Waals surface area contributed by atoms with Gasteiger partial charge in [-0.25, -0.2) is 25.6 Å². The van der Waals surface area contributed by atoms with Gasteiger partial charge >= 0.3 is 0 Å². The summed E-state index contributed by atoms with van der Waals surface area (Å²) in [5, 5.41) is -0.596. The molecule has 9 heteroatoms. The topological polar surface area (TPSA) is 71.5 Å². The molecule has 21 heavy (non-hydrogen) atoms. The first kappa shape index (κ1) is 16.3. The van der Waals surface area contributed by atoms with E-state index < -0.39 is 41.6 Å². The predicted octanol–water partition coefficient (Wildman–Crippen LogP) is 1.16. The molecule has 1 aliphatic heterocycles. The van der Waals surface area contributed by atoms with E-state index in [1.165, 1.54) is 0 Å². The summed E-state index contributed by atoms with van der Waals surface area (Å²) < 4.78 is 75.2. The van der Waals surface area contributed by atoms with Crippen molar-refractivity contribution in [3.63, 3.8) is 0 Å². The van der Waals surface area contributed by atoms with Gasteiger partial charge in [0.05, 0.1) is 5.25 Å². The molecule has 1 aliphatic rings. The first-order valence-corrected chi connectivity index (χ1v) is 9.66. The highest BCUT2D eigenvalue weighted by Gasteiger charge is 2.34. The number of nitrogens with zero attached hydrogens (tertiary/aromatic N) is 1. The van der Waals surface area contributed by atoms with Gasteiger partial charge in [0.1, 0.15) is 26.4 Å². The van der Waals surface area contributed by atoms with Gasteiger partial charge in [0.2, 0.25) is 10.0 Å². The number of rotatable bonds is 3. The average molecular weight is 339 g/mol. The van der Waals surface area contributed by atoms with Crippen molar-refractivity contribution in [1.29, 1.82) is 0 Å². The van der Waals surface area contributed by atoms with Crippen LogP contribution in [0.2, 0.25) is 0 Å². The number of benzene rings is 1. The number of sulfone groups is 1. The normalized spacial score (nSPS) is 18.8. The molecule has 0 amide bonds. The van der Waals surface area contributed by atoms with Gasteiger partial charge < -0.3 is 0 Å². The molecular formula is C12H15F2NO4S2. The Morgan fingerprint density at radius 2 is 1.67 bits per heavy atom. The van der Waals surface area contributed by atoms with Gasteiger partial charge in [0.25, 0.3) is 0 Å². The molecule has 1 aromatic rings. The lowest BCUT2D eigenvalue weighted by molar-refractivity contribution is 0.344. The summed E-state index contributed by atoms with van der Waals surface area (Å²) >= 11 is 0. The molecular weight excluding hydrogens is 324 g/mol. The van der Waals surface area contributed by atoms with Crippen molar-refractivity contribution < 1.29 is 25.6 Å². The van der Waals surface area contributed by atoms with Crippen LogP contribution in [0.3, 0.4) is 0 Å².